The Morgan fingerprint density at radius 3 is 2.70 bits per heavy atom. The maximum absolute atomic E-state index is 12.5. The molecule has 3 atom stereocenters. The molecule has 3 fully saturated rings. The summed E-state index contributed by atoms with van der Waals surface area (Å²) in [5.74, 6) is -0.215. The lowest BCUT2D eigenvalue weighted by atomic mass is 9.73. The second-order valence-corrected chi connectivity index (χ2v) is 6.08. The first kappa shape index (κ1) is 14.3. The lowest BCUT2D eigenvalue weighted by Gasteiger charge is -2.51. The summed E-state index contributed by atoms with van der Waals surface area (Å²) in [6.07, 6.45) is 7.37. The van der Waals surface area contributed by atoms with Crippen LogP contribution < -0.4 is 10.8 Å². The van der Waals surface area contributed by atoms with E-state index in [1.165, 1.54) is 19.3 Å². The van der Waals surface area contributed by atoms with Crippen molar-refractivity contribution < 1.29 is 19.5 Å². The fraction of sp³-hybridized carbons (Fsp3) is 0.929. The number of epoxide rings is 1. The Kier molecular flexibility index (Phi) is 3.99. The first-order valence-corrected chi connectivity index (χ1v) is 7.72. The van der Waals surface area contributed by atoms with E-state index < -0.39 is 11.3 Å². The maximum atomic E-state index is 12.5. The molecule has 1 saturated carbocycles. The fourth-order valence-electron chi connectivity index (χ4n) is 3.60. The molecule has 3 rings (SSSR count). The Morgan fingerprint density at radius 1 is 1.30 bits per heavy atom. The van der Waals surface area contributed by atoms with Crippen molar-refractivity contribution in [3.05, 3.63) is 0 Å². The van der Waals surface area contributed by atoms with Gasteiger partial charge in [-0.1, -0.05) is 32.1 Å². The summed E-state index contributed by atoms with van der Waals surface area (Å²) in [4.78, 5) is 18.2. The van der Waals surface area contributed by atoms with Crippen molar-refractivity contribution in [3.63, 3.8) is 0 Å². The number of hydrogen-bond donors (Lipinski definition) is 3. The van der Waals surface area contributed by atoms with Crippen LogP contribution in [0.4, 0.5) is 0 Å². The van der Waals surface area contributed by atoms with Gasteiger partial charge < -0.3 is 15.2 Å². The van der Waals surface area contributed by atoms with Gasteiger partial charge in [-0.25, -0.2) is 0 Å². The summed E-state index contributed by atoms with van der Waals surface area (Å²) in [7, 11) is 0. The summed E-state index contributed by atoms with van der Waals surface area (Å²) in [6.45, 7) is 0.885. The van der Waals surface area contributed by atoms with Crippen molar-refractivity contribution in [1.29, 1.82) is 0 Å². The van der Waals surface area contributed by atoms with Crippen LogP contribution in [0.15, 0.2) is 0 Å². The summed E-state index contributed by atoms with van der Waals surface area (Å²) in [5.41, 5.74) is 1.97. The highest BCUT2D eigenvalue weighted by molar-refractivity contribution is 5.80. The monoisotopic (exact) mass is 284 g/mol. The van der Waals surface area contributed by atoms with Gasteiger partial charge in [0.1, 0.15) is 5.60 Å². The molecule has 2 aliphatic heterocycles. The Labute approximate surface area is 119 Å². The Morgan fingerprint density at radius 2 is 2.05 bits per heavy atom. The van der Waals surface area contributed by atoms with E-state index in [-0.39, 0.29) is 18.4 Å². The van der Waals surface area contributed by atoms with Crippen molar-refractivity contribution in [3.8, 4) is 0 Å². The molecule has 20 heavy (non-hydrogen) atoms. The van der Waals surface area contributed by atoms with Crippen LogP contribution in [0.2, 0.25) is 0 Å². The highest BCUT2D eigenvalue weighted by atomic mass is 16.8. The zero-order valence-corrected chi connectivity index (χ0v) is 11.8. The predicted molar refractivity (Wildman–Crippen MR) is 71.5 cm³/mol. The third-order valence-electron chi connectivity index (χ3n) is 4.85. The van der Waals surface area contributed by atoms with E-state index in [1.807, 2.05) is 0 Å². The van der Waals surface area contributed by atoms with Gasteiger partial charge in [0, 0.05) is 6.54 Å². The molecule has 6 heteroatoms. The Balaban J connectivity index is 1.78. The third kappa shape index (κ3) is 2.24. The molecule has 0 bridgehead atoms. The molecule has 3 N–H and O–H groups in total. The molecule has 2 spiro atoms. The Hall–Kier alpha value is -0.690. The number of ether oxygens (including phenoxy) is 1. The van der Waals surface area contributed by atoms with Crippen LogP contribution in [0.1, 0.15) is 44.9 Å². The molecule has 6 nitrogen and oxygen atoms in total. The number of aliphatic hydroxyl groups is 1. The van der Waals surface area contributed by atoms with Gasteiger partial charge in [0.15, 0.2) is 5.72 Å². The van der Waals surface area contributed by atoms with Gasteiger partial charge in [-0.15, -0.1) is 0 Å². The van der Waals surface area contributed by atoms with Crippen LogP contribution in [0.5, 0.6) is 0 Å². The van der Waals surface area contributed by atoms with E-state index in [4.69, 9.17) is 14.7 Å². The molecule has 0 aromatic heterocycles. The van der Waals surface area contributed by atoms with Gasteiger partial charge in [0.05, 0.1) is 19.1 Å². The van der Waals surface area contributed by atoms with Crippen molar-refractivity contribution in [2.45, 2.75) is 56.3 Å². The molecule has 0 radical (unpaired) electrons. The number of carbonyl (C=O) groups is 1. The molecule has 2 saturated heterocycles. The van der Waals surface area contributed by atoms with Crippen LogP contribution in [-0.2, 0) is 14.4 Å². The van der Waals surface area contributed by atoms with Crippen LogP contribution >= 0.6 is 0 Å². The maximum Gasteiger partial charge on any atom is 0.226 e. The molecular formula is C14H24N2O4. The van der Waals surface area contributed by atoms with E-state index in [2.05, 4.69) is 10.8 Å². The summed E-state index contributed by atoms with van der Waals surface area (Å²) in [6, 6.07) is 0. The number of amides is 1. The SMILES string of the molecule is O=C(NCCO)C1CCCCCCCC12ONC21CO1. The molecular weight excluding hydrogens is 260 g/mol. The lowest BCUT2D eigenvalue weighted by molar-refractivity contribution is -0.314. The smallest absolute Gasteiger partial charge is 0.226 e. The highest BCUT2D eigenvalue weighted by Crippen LogP contribution is 2.54. The molecule has 3 unspecified atom stereocenters. The quantitative estimate of drug-likeness (QED) is 0.656. The highest BCUT2D eigenvalue weighted by Gasteiger charge is 2.74. The molecule has 1 amide bonds. The second-order valence-electron chi connectivity index (χ2n) is 6.08. The van der Waals surface area contributed by atoms with Gasteiger partial charge >= 0.3 is 0 Å². The number of fused-ring (bicyclic) bond motifs is 1. The summed E-state index contributed by atoms with van der Waals surface area (Å²) in [5, 5.41) is 11.7. The molecule has 2 heterocycles. The zero-order valence-electron chi connectivity index (χ0n) is 11.8. The fourth-order valence-corrected chi connectivity index (χ4v) is 3.60. The lowest BCUT2D eigenvalue weighted by Crippen LogP contribution is -2.74. The predicted octanol–water partition coefficient (Wildman–Crippen LogP) is 0.455. The zero-order chi connectivity index (χ0) is 14.1. The van der Waals surface area contributed by atoms with Crippen molar-refractivity contribution in [2.75, 3.05) is 19.8 Å². The van der Waals surface area contributed by atoms with Crippen LogP contribution in [0.3, 0.4) is 0 Å². The number of aliphatic hydroxyl groups excluding tert-OH is 1. The second kappa shape index (κ2) is 5.60. The van der Waals surface area contributed by atoms with Crippen LogP contribution in [-0.4, -0.2) is 42.1 Å². The first-order chi connectivity index (χ1) is 9.74. The average molecular weight is 284 g/mol. The molecule has 1 aliphatic carbocycles. The largest absolute Gasteiger partial charge is 0.395 e. The van der Waals surface area contributed by atoms with E-state index in [9.17, 15) is 4.79 Å². The number of nitrogens with one attached hydrogen (secondary N) is 2. The molecule has 3 aliphatic rings. The van der Waals surface area contributed by atoms with E-state index in [0.29, 0.717) is 13.2 Å². The van der Waals surface area contributed by atoms with Crippen LogP contribution in [0.25, 0.3) is 0 Å². The summed E-state index contributed by atoms with van der Waals surface area (Å²) >= 11 is 0. The third-order valence-corrected chi connectivity index (χ3v) is 4.85. The van der Waals surface area contributed by atoms with Crippen molar-refractivity contribution in [2.24, 2.45) is 5.92 Å². The first-order valence-electron chi connectivity index (χ1n) is 7.72. The minimum Gasteiger partial charge on any atom is -0.395 e. The molecule has 0 aromatic rings. The van der Waals surface area contributed by atoms with Gasteiger partial charge in [-0.05, 0) is 12.8 Å². The van der Waals surface area contributed by atoms with E-state index in [0.717, 1.165) is 25.7 Å². The Bertz CT molecular complexity index is 372. The van der Waals surface area contributed by atoms with E-state index in [1.54, 1.807) is 0 Å². The van der Waals surface area contributed by atoms with Crippen molar-refractivity contribution >= 4 is 5.91 Å². The van der Waals surface area contributed by atoms with Gasteiger partial charge in [-0.2, -0.15) is 5.48 Å². The molecule has 0 aromatic carbocycles. The minimum atomic E-state index is -0.517. The molecule has 114 valence electrons. The van der Waals surface area contributed by atoms with Gasteiger partial charge in [0.2, 0.25) is 5.91 Å². The van der Waals surface area contributed by atoms with Crippen LogP contribution in [0, 0.1) is 5.92 Å². The number of hydrogen-bond acceptors (Lipinski definition) is 5. The number of hydroxylamine groups is 1. The normalized spacial score (nSPS) is 40.5. The minimum absolute atomic E-state index is 0.0164. The average Bonchev–Trinajstić information content (AvgIpc) is 3.24. The number of carbonyl (C=O) groups excluding carboxylic acids is 1. The summed E-state index contributed by atoms with van der Waals surface area (Å²) < 4.78 is 5.58. The van der Waals surface area contributed by atoms with Gasteiger partial charge in [-0.3, -0.25) is 9.63 Å². The van der Waals surface area contributed by atoms with Gasteiger partial charge in [0.25, 0.3) is 0 Å². The van der Waals surface area contributed by atoms with E-state index >= 15 is 0 Å². The standard InChI is InChI=1S/C14H24N2O4/c17-9-8-15-12(18)11-6-4-2-1-3-5-7-13(11)14(10-19-14)16-20-13/h11,16-17H,1-10H2,(H,15,18). The number of rotatable bonds is 3. The topological polar surface area (TPSA) is 83.1 Å². The van der Waals surface area contributed by atoms with Crippen molar-refractivity contribution in [1.82, 2.24) is 10.8 Å².